The molecule has 0 aliphatic rings. The maximum Gasteiger partial charge on any atom is 0.288 e. The van der Waals surface area contributed by atoms with E-state index >= 15 is 0 Å². The second kappa shape index (κ2) is 6.99. The second-order valence-corrected chi connectivity index (χ2v) is 5.07. The molecule has 2 rings (SSSR count). The summed E-state index contributed by atoms with van der Waals surface area (Å²) < 4.78 is 2.63. The van der Waals surface area contributed by atoms with Gasteiger partial charge in [0.05, 0.1) is 15.7 Å². The normalized spacial score (nSPS) is 10.4. The highest BCUT2D eigenvalue weighted by molar-refractivity contribution is 9.10. The first-order chi connectivity index (χ1) is 9.66. The van der Waals surface area contributed by atoms with E-state index in [1.807, 2.05) is 10.8 Å². The summed E-state index contributed by atoms with van der Waals surface area (Å²) in [5, 5.41) is 13.7. The smallest absolute Gasteiger partial charge is 0.288 e. The van der Waals surface area contributed by atoms with Crippen LogP contribution in [0.3, 0.4) is 0 Å². The van der Waals surface area contributed by atoms with Gasteiger partial charge in [-0.15, -0.1) is 0 Å². The van der Waals surface area contributed by atoms with Gasteiger partial charge in [0.25, 0.3) is 5.69 Å². The van der Waals surface area contributed by atoms with E-state index in [0.717, 1.165) is 25.9 Å². The SMILES string of the molecule is O=[N+]([O-])c1cnc(NCCCCn2ccnc2)c(Br)c1. The molecule has 0 atom stereocenters. The Labute approximate surface area is 124 Å². The molecule has 8 heteroatoms. The van der Waals surface area contributed by atoms with Crippen LogP contribution in [0.2, 0.25) is 0 Å². The number of nitro groups is 1. The lowest BCUT2D eigenvalue weighted by molar-refractivity contribution is -0.385. The Morgan fingerprint density at radius 3 is 2.95 bits per heavy atom. The number of anilines is 1. The van der Waals surface area contributed by atoms with Crippen molar-refractivity contribution >= 4 is 27.4 Å². The molecule has 0 bridgehead atoms. The molecule has 0 saturated carbocycles. The molecule has 0 fully saturated rings. The molecular formula is C12H14BrN5O2. The van der Waals surface area contributed by atoms with E-state index in [1.54, 1.807) is 12.5 Å². The van der Waals surface area contributed by atoms with Gasteiger partial charge in [0.15, 0.2) is 0 Å². The highest BCUT2D eigenvalue weighted by atomic mass is 79.9. The van der Waals surface area contributed by atoms with Gasteiger partial charge in [-0.3, -0.25) is 10.1 Å². The molecule has 0 saturated heterocycles. The molecule has 0 aliphatic carbocycles. The molecule has 0 aromatic carbocycles. The van der Waals surface area contributed by atoms with Gasteiger partial charge in [0, 0.05) is 31.5 Å². The number of aryl methyl sites for hydroxylation is 1. The number of rotatable bonds is 7. The Morgan fingerprint density at radius 1 is 1.45 bits per heavy atom. The average Bonchev–Trinajstić information content (AvgIpc) is 2.93. The molecule has 0 spiro atoms. The Balaban J connectivity index is 1.75. The third-order valence-electron chi connectivity index (χ3n) is 2.73. The van der Waals surface area contributed by atoms with Gasteiger partial charge < -0.3 is 9.88 Å². The monoisotopic (exact) mass is 339 g/mol. The maximum absolute atomic E-state index is 10.6. The van der Waals surface area contributed by atoms with Crippen LogP contribution in [0.15, 0.2) is 35.5 Å². The van der Waals surface area contributed by atoms with E-state index in [1.165, 1.54) is 12.3 Å². The van der Waals surface area contributed by atoms with Gasteiger partial charge >= 0.3 is 0 Å². The Morgan fingerprint density at radius 2 is 2.30 bits per heavy atom. The van der Waals surface area contributed by atoms with Crippen LogP contribution in [-0.4, -0.2) is 26.0 Å². The van der Waals surface area contributed by atoms with Crippen LogP contribution in [0.5, 0.6) is 0 Å². The molecule has 0 amide bonds. The number of nitrogens with one attached hydrogen (secondary N) is 1. The molecule has 0 unspecified atom stereocenters. The number of nitrogens with zero attached hydrogens (tertiary/aromatic N) is 4. The lowest BCUT2D eigenvalue weighted by Gasteiger charge is -2.07. The molecule has 2 aromatic rings. The van der Waals surface area contributed by atoms with Gasteiger partial charge in [-0.1, -0.05) is 0 Å². The third kappa shape index (κ3) is 4.02. The predicted molar refractivity (Wildman–Crippen MR) is 78.5 cm³/mol. The first-order valence-electron chi connectivity index (χ1n) is 6.16. The Bertz CT molecular complexity index is 573. The van der Waals surface area contributed by atoms with Crippen molar-refractivity contribution in [2.75, 3.05) is 11.9 Å². The third-order valence-corrected chi connectivity index (χ3v) is 3.34. The van der Waals surface area contributed by atoms with Crippen molar-refractivity contribution in [2.24, 2.45) is 0 Å². The zero-order chi connectivity index (χ0) is 14.4. The molecule has 0 radical (unpaired) electrons. The molecule has 20 heavy (non-hydrogen) atoms. The lowest BCUT2D eigenvalue weighted by Crippen LogP contribution is -2.06. The Hall–Kier alpha value is -1.96. The highest BCUT2D eigenvalue weighted by Crippen LogP contribution is 2.24. The number of halogens is 1. The van der Waals surface area contributed by atoms with Crippen molar-refractivity contribution in [3.05, 3.63) is 45.6 Å². The summed E-state index contributed by atoms with van der Waals surface area (Å²) in [6.45, 7) is 1.69. The zero-order valence-electron chi connectivity index (χ0n) is 10.7. The lowest BCUT2D eigenvalue weighted by atomic mass is 10.3. The fourth-order valence-corrected chi connectivity index (χ4v) is 2.18. The van der Waals surface area contributed by atoms with Gasteiger partial charge in [-0.2, -0.15) is 0 Å². The first kappa shape index (κ1) is 14.4. The van der Waals surface area contributed by atoms with Gasteiger partial charge in [-0.05, 0) is 28.8 Å². The standard InChI is InChI=1S/C12H14BrN5O2/c13-11-7-10(18(19)20)8-16-12(11)15-3-1-2-5-17-6-4-14-9-17/h4,6-9H,1-3,5H2,(H,15,16). The van der Waals surface area contributed by atoms with Gasteiger partial charge in [-0.25, -0.2) is 9.97 Å². The number of hydrogen-bond acceptors (Lipinski definition) is 5. The molecule has 1 N–H and O–H groups in total. The second-order valence-electron chi connectivity index (χ2n) is 4.22. The van der Waals surface area contributed by atoms with E-state index in [0.29, 0.717) is 10.3 Å². The summed E-state index contributed by atoms with van der Waals surface area (Å²) in [6.07, 6.45) is 8.73. The number of imidazole rings is 1. The van der Waals surface area contributed by atoms with Gasteiger partial charge in [0.2, 0.25) is 0 Å². The van der Waals surface area contributed by atoms with Crippen molar-refractivity contribution in [1.29, 1.82) is 0 Å². The fraction of sp³-hybridized carbons (Fsp3) is 0.333. The van der Waals surface area contributed by atoms with Crippen LogP contribution >= 0.6 is 15.9 Å². The van der Waals surface area contributed by atoms with Crippen molar-refractivity contribution in [1.82, 2.24) is 14.5 Å². The largest absolute Gasteiger partial charge is 0.369 e. The number of aromatic nitrogens is 3. The summed E-state index contributed by atoms with van der Waals surface area (Å²) in [5.41, 5.74) is -0.0254. The summed E-state index contributed by atoms with van der Waals surface area (Å²) >= 11 is 3.27. The summed E-state index contributed by atoms with van der Waals surface area (Å²) in [4.78, 5) is 18.1. The van der Waals surface area contributed by atoms with Crippen molar-refractivity contribution in [3.63, 3.8) is 0 Å². The molecule has 2 aromatic heterocycles. The van der Waals surface area contributed by atoms with Crippen LogP contribution in [0.4, 0.5) is 11.5 Å². The average molecular weight is 340 g/mol. The minimum atomic E-state index is -0.466. The van der Waals surface area contributed by atoms with Gasteiger partial charge in [0.1, 0.15) is 12.0 Å². The number of hydrogen-bond donors (Lipinski definition) is 1. The van der Waals surface area contributed by atoms with E-state index in [4.69, 9.17) is 0 Å². The predicted octanol–water partition coefficient (Wildman–Crippen LogP) is 2.84. The maximum atomic E-state index is 10.6. The highest BCUT2D eigenvalue weighted by Gasteiger charge is 2.09. The van der Waals surface area contributed by atoms with E-state index in [-0.39, 0.29) is 5.69 Å². The van der Waals surface area contributed by atoms with E-state index in [2.05, 4.69) is 31.2 Å². The van der Waals surface area contributed by atoms with Crippen molar-refractivity contribution in [2.45, 2.75) is 19.4 Å². The summed E-state index contributed by atoms with van der Waals surface area (Å²) in [7, 11) is 0. The van der Waals surface area contributed by atoms with Crippen LogP contribution in [0.1, 0.15) is 12.8 Å². The molecule has 2 heterocycles. The van der Waals surface area contributed by atoms with E-state index < -0.39 is 4.92 Å². The summed E-state index contributed by atoms with van der Waals surface area (Å²) in [5.74, 6) is 0.623. The first-order valence-corrected chi connectivity index (χ1v) is 6.95. The fourth-order valence-electron chi connectivity index (χ4n) is 1.70. The van der Waals surface area contributed by atoms with Crippen molar-refractivity contribution in [3.8, 4) is 0 Å². The molecule has 106 valence electrons. The van der Waals surface area contributed by atoms with Crippen LogP contribution in [0.25, 0.3) is 0 Å². The minimum absolute atomic E-state index is 0.0254. The van der Waals surface area contributed by atoms with Crippen LogP contribution in [0, 0.1) is 10.1 Å². The van der Waals surface area contributed by atoms with E-state index in [9.17, 15) is 10.1 Å². The zero-order valence-corrected chi connectivity index (χ0v) is 12.3. The summed E-state index contributed by atoms with van der Waals surface area (Å²) in [6, 6.07) is 1.45. The number of pyridine rings is 1. The molecule has 0 aliphatic heterocycles. The quantitative estimate of drug-likeness (QED) is 0.476. The molecular weight excluding hydrogens is 326 g/mol. The molecule has 7 nitrogen and oxygen atoms in total. The number of unbranched alkanes of at least 4 members (excludes halogenated alkanes) is 1. The topological polar surface area (TPSA) is 85.9 Å². The van der Waals surface area contributed by atoms with Crippen molar-refractivity contribution < 1.29 is 4.92 Å². The van der Waals surface area contributed by atoms with Crippen LogP contribution in [-0.2, 0) is 6.54 Å². The van der Waals surface area contributed by atoms with Crippen LogP contribution < -0.4 is 5.32 Å². The minimum Gasteiger partial charge on any atom is -0.369 e. The Kier molecular flexibility index (Phi) is 5.05.